The van der Waals surface area contributed by atoms with Gasteiger partial charge in [-0.3, -0.25) is 4.79 Å². The highest BCUT2D eigenvalue weighted by Crippen LogP contribution is 2.17. The number of aromatic nitrogens is 2. The number of carbonyl (C=O) groups is 1. The highest BCUT2D eigenvalue weighted by atomic mass is 16.1. The van der Waals surface area contributed by atoms with Gasteiger partial charge in [-0.15, -0.1) is 0 Å². The molecule has 0 atom stereocenters. The Kier molecular flexibility index (Phi) is 3.69. The number of anilines is 1. The van der Waals surface area contributed by atoms with Gasteiger partial charge in [0, 0.05) is 23.5 Å². The highest BCUT2D eigenvalue weighted by Gasteiger charge is 2.09. The number of aromatic amines is 1. The summed E-state index contributed by atoms with van der Waals surface area (Å²) < 4.78 is 0. The van der Waals surface area contributed by atoms with Gasteiger partial charge in [-0.25, -0.2) is 4.98 Å². The Morgan fingerprint density at radius 1 is 1.24 bits per heavy atom. The highest BCUT2D eigenvalue weighted by molar-refractivity contribution is 5.95. The maximum absolute atomic E-state index is 12.1. The molecule has 2 N–H and O–H groups in total. The second-order valence-electron chi connectivity index (χ2n) is 4.99. The fourth-order valence-corrected chi connectivity index (χ4v) is 2.36. The smallest absolute Gasteiger partial charge is 0.228 e. The monoisotopic (exact) mass is 279 g/mol. The van der Waals surface area contributed by atoms with Crippen molar-refractivity contribution in [3.8, 4) is 0 Å². The normalized spacial score (nSPS) is 10.7. The van der Waals surface area contributed by atoms with Crippen LogP contribution in [0.15, 0.2) is 48.8 Å². The van der Waals surface area contributed by atoms with E-state index >= 15 is 0 Å². The van der Waals surface area contributed by atoms with E-state index in [2.05, 4.69) is 22.2 Å². The molecule has 0 radical (unpaired) electrons. The van der Waals surface area contributed by atoms with Gasteiger partial charge in [-0.1, -0.05) is 19.1 Å². The van der Waals surface area contributed by atoms with Gasteiger partial charge in [-0.2, -0.15) is 0 Å². The number of pyridine rings is 1. The molecule has 1 amide bonds. The quantitative estimate of drug-likeness (QED) is 0.769. The molecule has 2 aromatic heterocycles. The van der Waals surface area contributed by atoms with E-state index in [1.807, 2.05) is 42.6 Å². The van der Waals surface area contributed by atoms with Crippen LogP contribution in [0.1, 0.15) is 18.1 Å². The fourth-order valence-electron chi connectivity index (χ4n) is 2.36. The number of fused-ring (bicyclic) bond motifs is 1. The number of nitrogens with zero attached hydrogens (tertiary/aromatic N) is 1. The van der Waals surface area contributed by atoms with E-state index in [9.17, 15) is 4.79 Å². The van der Waals surface area contributed by atoms with Crippen molar-refractivity contribution in [3.05, 3.63) is 59.9 Å². The van der Waals surface area contributed by atoms with Gasteiger partial charge < -0.3 is 10.3 Å². The largest absolute Gasteiger partial charge is 0.346 e. The van der Waals surface area contributed by atoms with E-state index in [-0.39, 0.29) is 5.91 Å². The summed E-state index contributed by atoms with van der Waals surface area (Å²) >= 11 is 0. The third kappa shape index (κ3) is 2.94. The Bertz CT molecular complexity index is 759. The van der Waals surface area contributed by atoms with E-state index in [1.165, 1.54) is 5.56 Å². The number of hydrogen-bond donors (Lipinski definition) is 2. The minimum atomic E-state index is -0.0241. The van der Waals surface area contributed by atoms with Crippen LogP contribution in [0.2, 0.25) is 0 Å². The lowest BCUT2D eigenvalue weighted by molar-refractivity contribution is -0.115. The number of benzene rings is 1. The van der Waals surface area contributed by atoms with Crippen LogP contribution in [0, 0.1) is 0 Å². The maximum Gasteiger partial charge on any atom is 0.228 e. The van der Waals surface area contributed by atoms with Crippen LogP contribution in [-0.4, -0.2) is 15.9 Å². The zero-order valence-electron chi connectivity index (χ0n) is 11.9. The van der Waals surface area contributed by atoms with Crippen LogP contribution < -0.4 is 5.32 Å². The van der Waals surface area contributed by atoms with E-state index in [0.717, 1.165) is 28.7 Å². The predicted molar refractivity (Wildman–Crippen MR) is 84.2 cm³/mol. The second kappa shape index (κ2) is 5.79. The molecule has 0 aliphatic heterocycles. The molecule has 4 nitrogen and oxygen atoms in total. The van der Waals surface area contributed by atoms with Crippen LogP contribution in [0.5, 0.6) is 0 Å². The molecule has 0 saturated carbocycles. The molecule has 0 spiro atoms. The fraction of sp³-hybridized carbons (Fsp3) is 0.176. The molecule has 0 aliphatic rings. The Morgan fingerprint density at radius 3 is 2.81 bits per heavy atom. The summed E-state index contributed by atoms with van der Waals surface area (Å²) in [6, 6.07) is 11.8. The minimum Gasteiger partial charge on any atom is -0.346 e. The van der Waals surface area contributed by atoms with Crippen molar-refractivity contribution in [3.63, 3.8) is 0 Å². The molecule has 0 saturated heterocycles. The van der Waals surface area contributed by atoms with Crippen LogP contribution in [-0.2, 0) is 17.6 Å². The van der Waals surface area contributed by atoms with E-state index in [1.54, 1.807) is 6.20 Å². The third-order valence-electron chi connectivity index (χ3n) is 3.53. The van der Waals surface area contributed by atoms with Gasteiger partial charge in [0.15, 0.2) is 0 Å². The summed E-state index contributed by atoms with van der Waals surface area (Å²) in [5, 5.41) is 3.92. The molecule has 106 valence electrons. The summed E-state index contributed by atoms with van der Waals surface area (Å²) in [6.45, 7) is 2.11. The summed E-state index contributed by atoms with van der Waals surface area (Å²) in [5.41, 5.74) is 3.86. The number of hydrogen-bond acceptors (Lipinski definition) is 2. The van der Waals surface area contributed by atoms with Crippen LogP contribution in [0.4, 0.5) is 5.69 Å². The van der Waals surface area contributed by atoms with Crippen molar-refractivity contribution in [2.75, 3.05) is 5.32 Å². The number of nitrogens with one attached hydrogen (secondary N) is 2. The third-order valence-corrected chi connectivity index (χ3v) is 3.53. The SMILES string of the molecule is CCc1ccc(NC(=O)Cc2c[nH]c3ncccc23)cc1. The van der Waals surface area contributed by atoms with Gasteiger partial charge in [-0.05, 0) is 41.8 Å². The molecule has 0 fully saturated rings. The van der Waals surface area contributed by atoms with Gasteiger partial charge in [0.05, 0.1) is 6.42 Å². The van der Waals surface area contributed by atoms with Crippen molar-refractivity contribution >= 4 is 22.6 Å². The molecule has 0 bridgehead atoms. The van der Waals surface area contributed by atoms with Gasteiger partial charge >= 0.3 is 0 Å². The Balaban J connectivity index is 1.71. The number of carbonyl (C=O) groups excluding carboxylic acids is 1. The average Bonchev–Trinajstić information content (AvgIpc) is 2.91. The number of aryl methyl sites for hydroxylation is 1. The number of H-pyrrole nitrogens is 1. The number of rotatable bonds is 4. The molecule has 3 rings (SSSR count). The lowest BCUT2D eigenvalue weighted by Crippen LogP contribution is -2.14. The van der Waals surface area contributed by atoms with Crippen molar-refractivity contribution < 1.29 is 4.79 Å². The first kappa shape index (κ1) is 13.4. The van der Waals surface area contributed by atoms with E-state index in [4.69, 9.17) is 0 Å². The Morgan fingerprint density at radius 2 is 2.05 bits per heavy atom. The molecule has 2 heterocycles. The first-order valence-electron chi connectivity index (χ1n) is 7.06. The zero-order valence-corrected chi connectivity index (χ0v) is 11.9. The van der Waals surface area contributed by atoms with Crippen LogP contribution in [0.3, 0.4) is 0 Å². The standard InChI is InChI=1S/C17H17N3O/c1-2-12-5-7-14(8-6-12)20-16(21)10-13-11-19-17-15(13)4-3-9-18-17/h3-9,11H,2,10H2,1H3,(H,18,19)(H,20,21). The average molecular weight is 279 g/mol. The first-order chi connectivity index (χ1) is 10.3. The molecule has 4 heteroatoms. The summed E-state index contributed by atoms with van der Waals surface area (Å²) in [5.74, 6) is -0.0241. The molecule has 1 aromatic carbocycles. The molecular weight excluding hydrogens is 262 g/mol. The molecule has 0 unspecified atom stereocenters. The lowest BCUT2D eigenvalue weighted by atomic mass is 10.1. The molecular formula is C17H17N3O. The lowest BCUT2D eigenvalue weighted by Gasteiger charge is -2.05. The Hall–Kier alpha value is -2.62. The van der Waals surface area contributed by atoms with Crippen molar-refractivity contribution in [1.29, 1.82) is 0 Å². The van der Waals surface area contributed by atoms with Gasteiger partial charge in [0.2, 0.25) is 5.91 Å². The minimum absolute atomic E-state index is 0.0241. The van der Waals surface area contributed by atoms with Crippen molar-refractivity contribution in [2.24, 2.45) is 0 Å². The van der Waals surface area contributed by atoms with Crippen molar-refractivity contribution in [1.82, 2.24) is 9.97 Å². The second-order valence-corrected chi connectivity index (χ2v) is 4.99. The van der Waals surface area contributed by atoms with Gasteiger partial charge in [0.25, 0.3) is 0 Å². The van der Waals surface area contributed by atoms with Crippen LogP contribution >= 0.6 is 0 Å². The molecule has 21 heavy (non-hydrogen) atoms. The predicted octanol–water partition coefficient (Wildman–Crippen LogP) is 3.31. The van der Waals surface area contributed by atoms with E-state index < -0.39 is 0 Å². The molecule has 0 aliphatic carbocycles. The summed E-state index contributed by atoms with van der Waals surface area (Å²) in [7, 11) is 0. The van der Waals surface area contributed by atoms with Gasteiger partial charge in [0.1, 0.15) is 5.65 Å². The Labute approximate surface area is 123 Å². The topological polar surface area (TPSA) is 57.8 Å². The molecule has 3 aromatic rings. The van der Waals surface area contributed by atoms with Crippen LogP contribution in [0.25, 0.3) is 11.0 Å². The summed E-state index contributed by atoms with van der Waals surface area (Å²) in [6.07, 6.45) is 4.91. The maximum atomic E-state index is 12.1. The number of amides is 1. The zero-order chi connectivity index (χ0) is 14.7. The van der Waals surface area contributed by atoms with Crippen molar-refractivity contribution in [2.45, 2.75) is 19.8 Å². The van der Waals surface area contributed by atoms with E-state index in [0.29, 0.717) is 6.42 Å². The summed E-state index contributed by atoms with van der Waals surface area (Å²) in [4.78, 5) is 19.4. The first-order valence-corrected chi connectivity index (χ1v) is 7.06.